The zero-order valence-electron chi connectivity index (χ0n) is 27.4. The number of aliphatic hydroxyl groups excluding tert-OH is 2. The minimum Gasteiger partial charge on any atom is -0.453 e. The molecule has 0 aromatic heterocycles. The number of aryl methyl sites for hydroxylation is 1. The van der Waals surface area contributed by atoms with Crippen LogP contribution in [-0.4, -0.2) is 49.0 Å². The molecule has 1 fully saturated rings. The van der Waals surface area contributed by atoms with Crippen LogP contribution < -0.4 is 9.47 Å². The Morgan fingerprint density at radius 3 is 2.22 bits per heavy atom. The van der Waals surface area contributed by atoms with Gasteiger partial charge in [-0.3, -0.25) is 4.79 Å². The number of hydrogen-bond acceptors (Lipinski definition) is 8. The number of esters is 2. The first-order valence-electron chi connectivity index (χ1n) is 16.6. The third kappa shape index (κ3) is 11.2. The van der Waals surface area contributed by atoms with Crippen molar-refractivity contribution in [3.8, 4) is 22.6 Å². The van der Waals surface area contributed by atoms with Gasteiger partial charge in [0.25, 0.3) is 0 Å². The lowest BCUT2D eigenvalue weighted by Gasteiger charge is -2.30. The number of benzene rings is 2. The van der Waals surface area contributed by atoms with Crippen molar-refractivity contribution < 1.29 is 38.7 Å². The molecule has 8 nitrogen and oxygen atoms in total. The summed E-state index contributed by atoms with van der Waals surface area (Å²) in [7, 11) is 0. The quantitative estimate of drug-likeness (QED) is 0.0716. The Labute approximate surface area is 268 Å². The maximum absolute atomic E-state index is 11.9. The predicted octanol–water partition coefficient (Wildman–Crippen LogP) is 7.49. The van der Waals surface area contributed by atoms with E-state index < -0.39 is 31.3 Å². The van der Waals surface area contributed by atoms with Crippen molar-refractivity contribution >= 4 is 11.9 Å². The normalized spacial score (nSPS) is 16.9. The van der Waals surface area contributed by atoms with Crippen LogP contribution in [0.25, 0.3) is 11.1 Å². The molecule has 0 radical (unpaired) electrons. The minimum absolute atomic E-state index is 0.0863. The van der Waals surface area contributed by atoms with Crippen LogP contribution >= 0.6 is 0 Å². The summed E-state index contributed by atoms with van der Waals surface area (Å²) in [4.78, 5) is 23.9. The molecule has 2 aromatic rings. The maximum Gasteiger partial charge on any atom is 0.338 e. The first-order chi connectivity index (χ1) is 21.8. The van der Waals surface area contributed by atoms with Gasteiger partial charge in [-0.2, -0.15) is 0 Å². The van der Waals surface area contributed by atoms with Crippen LogP contribution in [0.4, 0.5) is 0 Å². The highest BCUT2D eigenvalue weighted by Crippen LogP contribution is 2.41. The van der Waals surface area contributed by atoms with Crippen molar-refractivity contribution in [2.24, 2.45) is 11.8 Å². The van der Waals surface area contributed by atoms with Crippen LogP contribution in [0, 0.1) is 11.8 Å². The molecule has 8 heteroatoms. The first-order valence-corrected chi connectivity index (χ1v) is 16.6. The number of ether oxygens (including phenoxy) is 4. The first kappa shape index (κ1) is 36.1. The van der Waals surface area contributed by atoms with Crippen LogP contribution in [0.15, 0.2) is 48.6 Å². The second-order valence-corrected chi connectivity index (χ2v) is 12.1. The van der Waals surface area contributed by atoms with Gasteiger partial charge in [-0.05, 0) is 85.3 Å². The number of aliphatic hydroxyl groups is 2. The minimum atomic E-state index is -0.771. The summed E-state index contributed by atoms with van der Waals surface area (Å²) < 4.78 is 21.6. The third-order valence-corrected chi connectivity index (χ3v) is 8.78. The average molecular weight is 625 g/mol. The largest absolute Gasteiger partial charge is 0.453 e. The van der Waals surface area contributed by atoms with E-state index in [-0.39, 0.29) is 30.5 Å². The van der Waals surface area contributed by atoms with Gasteiger partial charge >= 0.3 is 11.9 Å². The van der Waals surface area contributed by atoms with Crippen LogP contribution in [0.2, 0.25) is 0 Å². The molecule has 248 valence electrons. The summed E-state index contributed by atoms with van der Waals surface area (Å²) in [6, 6.07) is 12.1. The molecular weight excluding hydrogens is 572 g/mol. The van der Waals surface area contributed by atoms with Crippen LogP contribution in [0.3, 0.4) is 0 Å². The Morgan fingerprint density at radius 2 is 1.53 bits per heavy atom. The molecule has 0 amide bonds. The Kier molecular flexibility index (Phi) is 15.4. The van der Waals surface area contributed by atoms with Crippen molar-refractivity contribution in [1.29, 1.82) is 0 Å². The number of rotatable bonds is 19. The van der Waals surface area contributed by atoms with Gasteiger partial charge in [0.05, 0.1) is 24.7 Å². The van der Waals surface area contributed by atoms with Gasteiger partial charge in [-0.15, -0.1) is 0 Å². The predicted molar refractivity (Wildman–Crippen MR) is 175 cm³/mol. The molecule has 0 aliphatic heterocycles. The molecule has 1 unspecified atom stereocenters. The summed E-state index contributed by atoms with van der Waals surface area (Å²) in [5, 5.41) is 18.3. The van der Waals surface area contributed by atoms with Crippen molar-refractivity contribution in [1.82, 2.24) is 0 Å². The molecule has 2 aromatic carbocycles. The molecule has 2 N–H and O–H groups in total. The molecule has 0 heterocycles. The van der Waals surface area contributed by atoms with Gasteiger partial charge in [0.15, 0.2) is 11.5 Å². The Balaban J connectivity index is 1.71. The molecule has 3 rings (SSSR count). The highest BCUT2D eigenvalue weighted by molar-refractivity contribution is 5.87. The van der Waals surface area contributed by atoms with Crippen molar-refractivity contribution in [2.45, 2.75) is 97.3 Å². The van der Waals surface area contributed by atoms with Gasteiger partial charge in [0, 0.05) is 0 Å². The van der Waals surface area contributed by atoms with Crippen molar-refractivity contribution in [3.05, 3.63) is 59.7 Å². The van der Waals surface area contributed by atoms with Crippen LogP contribution in [-0.2, 0) is 25.5 Å². The van der Waals surface area contributed by atoms with Gasteiger partial charge < -0.3 is 29.2 Å². The van der Waals surface area contributed by atoms with E-state index in [2.05, 4.69) is 38.6 Å². The number of hydrogen-bond donors (Lipinski definition) is 2. The lowest BCUT2D eigenvalue weighted by atomic mass is 9.75. The topological polar surface area (TPSA) is 112 Å². The highest BCUT2D eigenvalue weighted by atomic mass is 16.7. The fourth-order valence-corrected chi connectivity index (χ4v) is 5.89. The Bertz CT molecular complexity index is 1230. The number of carbonyl (C=O) groups is 2. The van der Waals surface area contributed by atoms with E-state index >= 15 is 0 Å². The summed E-state index contributed by atoms with van der Waals surface area (Å²) in [5.74, 6) is 0.0137. The third-order valence-electron chi connectivity index (χ3n) is 8.78. The molecule has 1 atom stereocenters. The Morgan fingerprint density at radius 1 is 0.867 bits per heavy atom. The van der Waals surface area contributed by atoms with E-state index in [0.29, 0.717) is 5.92 Å². The molecule has 0 saturated heterocycles. The van der Waals surface area contributed by atoms with E-state index in [1.807, 2.05) is 6.07 Å². The standard InChI is InChI=1S/C37H52O8/c1-5-7-8-9-10-11-28-12-14-30(15-13-28)33-18-16-31(20-29(33)6-2)32-17-19-34(42-24-44-36(40)26(3)22-38)35(21-32)43-25-45-37(41)27(4)23-39/h16-21,26,28,30,38-39H,4-15,22-25H2,1-3H3. The summed E-state index contributed by atoms with van der Waals surface area (Å²) >= 11 is 0. The molecule has 45 heavy (non-hydrogen) atoms. The zero-order chi connectivity index (χ0) is 32.6. The van der Waals surface area contributed by atoms with Gasteiger partial charge in [0.1, 0.15) is 0 Å². The van der Waals surface area contributed by atoms with Crippen LogP contribution in [0.5, 0.6) is 11.5 Å². The van der Waals surface area contributed by atoms with E-state index in [1.54, 1.807) is 19.1 Å². The van der Waals surface area contributed by atoms with E-state index in [4.69, 9.17) is 29.2 Å². The molecular formula is C37H52O8. The Hall–Kier alpha value is -3.36. The monoisotopic (exact) mass is 624 g/mol. The van der Waals surface area contributed by atoms with Crippen molar-refractivity contribution in [3.63, 3.8) is 0 Å². The lowest BCUT2D eigenvalue weighted by Crippen LogP contribution is -2.20. The number of carbonyl (C=O) groups excluding carboxylic acids is 2. The summed E-state index contributed by atoms with van der Waals surface area (Å²) in [6.45, 7) is 7.82. The summed E-state index contributed by atoms with van der Waals surface area (Å²) in [5.41, 5.74) is 4.63. The SMILES string of the molecule is C=C(CO)C(=O)OCOc1cc(-c2ccc(C3CCC(CCCCCCC)CC3)c(CC)c2)ccc1OCOC(=O)C(C)CO. The molecule has 1 aliphatic rings. The molecule has 1 aliphatic carbocycles. The second-order valence-electron chi connectivity index (χ2n) is 12.1. The fourth-order valence-electron chi connectivity index (χ4n) is 5.89. The molecule has 0 spiro atoms. The van der Waals surface area contributed by atoms with Gasteiger partial charge in [-0.1, -0.05) is 83.2 Å². The summed E-state index contributed by atoms with van der Waals surface area (Å²) in [6.07, 6.45) is 14.2. The van der Waals surface area contributed by atoms with Crippen molar-refractivity contribution in [2.75, 3.05) is 26.8 Å². The van der Waals surface area contributed by atoms with E-state index in [9.17, 15) is 9.59 Å². The lowest BCUT2D eigenvalue weighted by molar-refractivity contribution is -0.156. The zero-order valence-corrected chi connectivity index (χ0v) is 27.4. The van der Waals surface area contributed by atoms with Gasteiger partial charge in [0.2, 0.25) is 13.6 Å². The fraction of sp³-hybridized carbons (Fsp3) is 0.568. The van der Waals surface area contributed by atoms with Crippen LogP contribution in [0.1, 0.15) is 102 Å². The van der Waals surface area contributed by atoms with E-state index in [0.717, 1.165) is 23.5 Å². The average Bonchev–Trinajstić information content (AvgIpc) is 3.07. The highest BCUT2D eigenvalue weighted by Gasteiger charge is 2.24. The number of unbranched alkanes of at least 4 members (excludes halogenated alkanes) is 4. The van der Waals surface area contributed by atoms with E-state index in [1.165, 1.54) is 75.3 Å². The smallest absolute Gasteiger partial charge is 0.338 e. The molecule has 0 bridgehead atoms. The molecule has 1 saturated carbocycles. The van der Waals surface area contributed by atoms with Gasteiger partial charge in [-0.25, -0.2) is 4.79 Å². The second kappa shape index (κ2) is 19.2. The maximum atomic E-state index is 11.9.